The molecule has 188 valence electrons. The van der Waals surface area contributed by atoms with Gasteiger partial charge < -0.3 is 24.0 Å². The maximum Gasteiger partial charge on any atom is 0.279 e. The normalized spacial score (nSPS) is 20.6. The zero-order valence-corrected chi connectivity index (χ0v) is 20.7. The number of benzene rings is 2. The monoisotopic (exact) mass is 490 g/mol. The second-order valence-corrected chi connectivity index (χ2v) is 8.67. The smallest absolute Gasteiger partial charge is 0.279 e. The lowest BCUT2D eigenvalue weighted by Gasteiger charge is -2.35. The van der Waals surface area contributed by atoms with Gasteiger partial charge in [0.05, 0.1) is 31.2 Å². The van der Waals surface area contributed by atoms with Crippen molar-refractivity contribution < 1.29 is 23.8 Å². The third-order valence-corrected chi connectivity index (χ3v) is 5.89. The Labute approximate surface area is 210 Å². The molecular formula is C27H30N4O5. The largest absolute Gasteiger partial charge is 0.493 e. The van der Waals surface area contributed by atoms with Gasteiger partial charge in [-0.05, 0) is 43.7 Å². The maximum absolute atomic E-state index is 12.8. The quantitative estimate of drug-likeness (QED) is 0.322. The average Bonchev–Trinajstić information content (AvgIpc) is 3.13. The average molecular weight is 491 g/mol. The molecule has 2 amide bonds. The van der Waals surface area contributed by atoms with Crippen molar-refractivity contribution in [3.05, 3.63) is 66.2 Å². The van der Waals surface area contributed by atoms with Gasteiger partial charge in [0.1, 0.15) is 0 Å². The van der Waals surface area contributed by atoms with Crippen LogP contribution in [-0.2, 0) is 14.3 Å². The van der Waals surface area contributed by atoms with Crippen LogP contribution in [0.2, 0.25) is 0 Å². The van der Waals surface area contributed by atoms with Gasteiger partial charge in [0, 0.05) is 25.2 Å². The van der Waals surface area contributed by atoms with Crippen molar-refractivity contribution >= 4 is 29.4 Å². The number of fused-ring (bicyclic) bond motifs is 1. The van der Waals surface area contributed by atoms with E-state index in [2.05, 4.69) is 16.8 Å². The molecule has 2 aliphatic heterocycles. The highest BCUT2D eigenvalue weighted by Crippen LogP contribution is 2.30. The molecule has 0 bridgehead atoms. The first kappa shape index (κ1) is 25.1. The molecule has 0 saturated carbocycles. The van der Waals surface area contributed by atoms with E-state index < -0.39 is 0 Å². The van der Waals surface area contributed by atoms with Gasteiger partial charge >= 0.3 is 0 Å². The Kier molecular flexibility index (Phi) is 7.80. The van der Waals surface area contributed by atoms with Crippen LogP contribution >= 0.6 is 0 Å². The van der Waals surface area contributed by atoms with E-state index in [4.69, 9.17) is 14.2 Å². The topological polar surface area (TPSA) is 93.0 Å². The highest BCUT2D eigenvalue weighted by Gasteiger charge is 2.33. The summed E-state index contributed by atoms with van der Waals surface area (Å²) in [5.41, 5.74) is 2.50. The number of nitrogens with zero attached hydrogens (tertiary/aromatic N) is 4. The van der Waals surface area contributed by atoms with Crippen LogP contribution in [0.25, 0.3) is 0 Å². The summed E-state index contributed by atoms with van der Waals surface area (Å²) in [4.78, 5) is 28.8. The van der Waals surface area contributed by atoms with Crippen molar-refractivity contribution in [3.8, 4) is 11.5 Å². The Balaban J connectivity index is 1.44. The summed E-state index contributed by atoms with van der Waals surface area (Å²) in [5.74, 6) is 0.585. The van der Waals surface area contributed by atoms with Crippen molar-refractivity contribution in [2.24, 2.45) is 10.2 Å². The molecule has 2 aromatic rings. The van der Waals surface area contributed by atoms with Crippen LogP contribution < -0.4 is 14.4 Å². The number of para-hydroxylation sites is 1. The fourth-order valence-electron chi connectivity index (χ4n) is 4.32. The number of anilines is 1. The van der Waals surface area contributed by atoms with Gasteiger partial charge in [0.2, 0.25) is 0 Å². The van der Waals surface area contributed by atoms with Crippen molar-refractivity contribution in [3.63, 3.8) is 0 Å². The Hall–Kier alpha value is -3.98. The molecule has 1 saturated heterocycles. The van der Waals surface area contributed by atoms with Gasteiger partial charge in [0.25, 0.3) is 11.8 Å². The molecule has 1 fully saturated rings. The van der Waals surface area contributed by atoms with Gasteiger partial charge in [-0.25, -0.2) is 0 Å². The number of hydrogen-bond acceptors (Lipinski definition) is 7. The van der Waals surface area contributed by atoms with E-state index in [-0.39, 0.29) is 36.3 Å². The van der Waals surface area contributed by atoms with E-state index >= 15 is 0 Å². The molecule has 2 aromatic carbocycles. The molecule has 4 rings (SSSR count). The standard InChI is InChI=1S/C27H30N4O5/c1-5-12-31-22-9-7-6-8-21(22)26(27(31)33)29-28-14-20-10-11-23(24(13-20)34-4)35-17-25(32)30-15-18(2)36-19(3)16-30/h5-11,13-14,18-19H,1,12,15-17H2,2-4H3. The number of carbonyl (C=O) groups is 2. The molecule has 0 spiro atoms. The fourth-order valence-corrected chi connectivity index (χ4v) is 4.32. The highest BCUT2D eigenvalue weighted by molar-refractivity contribution is 6.54. The number of methoxy groups -OCH3 is 1. The van der Waals surface area contributed by atoms with E-state index in [0.717, 1.165) is 11.3 Å². The number of rotatable bonds is 8. The number of morpholine rings is 1. The first-order valence-electron chi connectivity index (χ1n) is 11.8. The van der Waals surface area contributed by atoms with Crippen molar-refractivity contribution in [2.75, 3.05) is 38.3 Å². The van der Waals surface area contributed by atoms with E-state index in [1.807, 2.05) is 38.1 Å². The fraction of sp³-hybridized carbons (Fsp3) is 0.333. The molecule has 0 radical (unpaired) electrons. The minimum Gasteiger partial charge on any atom is -0.493 e. The number of carbonyl (C=O) groups excluding carboxylic acids is 2. The third-order valence-electron chi connectivity index (χ3n) is 5.89. The summed E-state index contributed by atoms with van der Waals surface area (Å²) in [6.07, 6.45) is 3.19. The zero-order valence-electron chi connectivity index (χ0n) is 20.7. The predicted molar refractivity (Wildman–Crippen MR) is 138 cm³/mol. The Morgan fingerprint density at radius 3 is 2.64 bits per heavy atom. The second-order valence-electron chi connectivity index (χ2n) is 8.67. The van der Waals surface area contributed by atoms with Crippen molar-refractivity contribution in [1.29, 1.82) is 0 Å². The number of amides is 2. The summed E-state index contributed by atoms with van der Waals surface area (Å²) >= 11 is 0. The highest BCUT2D eigenvalue weighted by atomic mass is 16.5. The van der Waals surface area contributed by atoms with E-state index in [9.17, 15) is 9.59 Å². The van der Waals surface area contributed by atoms with E-state index in [0.29, 0.717) is 36.7 Å². The summed E-state index contributed by atoms with van der Waals surface area (Å²) in [6.45, 7) is 9.00. The van der Waals surface area contributed by atoms with Crippen LogP contribution in [-0.4, -0.2) is 74.2 Å². The first-order valence-corrected chi connectivity index (χ1v) is 11.8. The van der Waals surface area contributed by atoms with Crippen molar-refractivity contribution in [1.82, 2.24) is 4.90 Å². The Morgan fingerprint density at radius 2 is 1.92 bits per heavy atom. The van der Waals surface area contributed by atoms with Crippen LogP contribution in [0.5, 0.6) is 11.5 Å². The molecule has 9 heteroatoms. The summed E-state index contributed by atoms with van der Waals surface area (Å²) in [6, 6.07) is 12.7. The predicted octanol–water partition coefficient (Wildman–Crippen LogP) is 3.07. The molecule has 9 nitrogen and oxygen atoms in total. The lowest BCUT2D eigenvalue weighted by atomic mass is 10.1. The SMILES string of the molecule is C=CCN1C(=O)C(=NN=Cc2ccc(OCC(=O)N3CC(C)OC(C)C3)c(OC)c2)c2ccccc21. The van der Waals surface area contributed by atoms with Gasteiger partial charge in [-0.3, -0.25) is 9.59 Å². The molecule has 36 heavy (non-hydrogen) atoms. The van der Waals surface area contributed by atoms with Gasteiger partial charge in [-0.2, -0.15) is 5.10 Å². The van der Waals surface area contributed by atoms with Crippen LogP contribution in [0, 0.1) is 0 Å². The molecule has 2 heterocycles. The summed E-state index contributed by atoms with van der Waals surface area (Å²) < 4.78 is 16.9. The second kappa shape index (κ2) is 11.2. The molecule has 2 atom stereocenters. The molecular weight excluding hydrogens is 460 g/mol. The van der Waals surface area contributed by atoms with Gasteiger partial charge in [-0.15, -0.1) is 11.7 Å². The minimum atomic E-state index is -0.219. The number of ether oxygens (including phenoxy) is 3. The Morgan fingerprint density at radius 1 is 1.17 bits per heavy atom. The molecule has 2 aliphatic rings. The molecule has 2 unspecified atom stereocenters. The number of hydrogen-bond donors (Lipinski definition) is 0. The van der Waals surface area contributed by atoms with Crippen LogP contribution in [0.15, 0.2) is 65.3 Å². The lowest BCUT2D eigenvalue weighted by molar-refractivity contribution is -0.145. The lowest BCUT2D eigenvalue weighted by Crippen LogP contribution is -2.49. The van der Waals surface area contributed by atoms with Crippen molar-refractivity contribution in [2.45, 2.75) is 26.1 Å². The molecule has 0 aromatic heterocycles. The van der Waals surface area contributed by atoms with Crippen LogP contribution in [0.1, 0.15) is 25.0 Å². The minimum absolute atomic E-state index is 0.00699. The van der Waals surface area contributed by atoms with Gasteiger partial charge in [0.15, 0.2) is 23.8 Å². The van der Waals surface area contributed by atoms with Crippen LogP contribution in [0.4, 0.5) is 5.69 Å². The Bertz CT molecular complexity index is 1200. The van der Waals surface area contributed by atoms with Crippen LogP contribution in [0.3, 0.4) is 0 Å². The van der Waals surface area contributed by atoms with E-state index in [1.165, 1.54) is 13.3 Å². The zero-order chi connectivity index (χ0) is 25.7. The third kappa shape index (κ3) is 5.46. The van der Waals surface area contributed by atoms with Gasteiger partial charge in [-0.1, -0.05) is 24.3 Å². The molecule has 0 N–H and O–H groups in total. The molecule has 0 aliphatic carbocycles. The van der Waals surface area contributed by atoms with E-state index in [1.54, 1.807) is 34.1 Å². The maximum atomic E-state index is 12.8. The first-order chi connectivity index (χ1) is 17.4. The summed E-state index contributed by atoms with van der Waals surface area (Å²) in [5, 5.41) is 8.35. The summed E-state index contributed by atoms with van der Waals surface area (Å²) in [7, 11) is 1.53.